The van der Waals surface area contributed by atoms with E-state index in [-0.39, 0.29) is 0 Å². The summed E-state index contributed by atoms with van der Waals surface area (Å²) in [4.78, 5) is 0. The summed E-state index contributed by atoms with van der Waals surface area (Å²) in [7, 11) is 0. The fourth-order valence-electron chi connectivity index (χ4n) is 1.86. The monoisotopic (exact) mass is 397 g/mol. The van der Waals surface area contributed by atoms with Gasteiger partial charge in [0.25, 0.3) is 0 Å². The maximum Gasteiger partial charge on any atom is 0.119 e. The molecule has 0 fully saturated rings. The van der Waals surface area contributed by atoms with E-state index in [9.17, 15) is 0 Å². The average molecular weight is 398 g/mol. The summed E-state index contributed by atoms with van der Waals surface area (Å²) in [5, 5.41) is 3.20. The second-order valence-electron chi connectivity index (χ2n) is 5.02. The number of nitrogens with one attached hydrogen (secondary N) is 1. The molecule has 5 nitrogen and oxygen atoms in total. The summed E-state index contributed by atoms with van der Waals surface area (Å²) in [6.07, 6.45) is 0. The summed E-state index contributed by atoms with van der Waals surface area (Å²) in [6, 6.07) is 7.67. The van der Waals surface area contributed by atoms with Gasteiger partial charge in [-0.05, 0) is 30.8 Å². The number of benzene rings is 1. The van der Waals surface area contributed by atoms with Crippen LogP contribution >= 0.6 is 12.6 Å². The SMILES string of the molecule is CC.CCNCCOCCOCCOCCOc1ccc(C#CCS)cc1. The van der Waals surface area contributed by atoms with Gasteiger partial charge in [-0.15, -0.1) is 0 Å². The molecule has 1 N–H and O–H groups in total. The predicted octanol–water partition coefficient (Wildman–Crippen LogP) is 3.03. The molecule has 0 unspecified atom stereocenters. The van der Waals surface area contributed by atoms with Crippen LogP contribution in [0.3, 0.4) is 0 Å². The van der Waals surface area contributed by atoms with Gasteiger partial charge in [-0.1, -0.05) is 32.6 Å². The maximum absolute atomic E-state index is 5.60. The molecule has 154 valence electrons. The Morgan fingerprint density at radius 2 is 1.41 bits per heavy atom. The topological polar surface area (TPSA) is 49.0 Å². The van der Waals surface area contributed by atoms with Crippen molar-refractivity contribution in [2.24, 2.45) is 0 Å². The van der Waals surface area contributed by atoms with Crippen molar-refractivity contribution in [3.05, 3.63) is 29.8 Å². The van der Waals surface area contributed by atoms with Crippen LogP contribution in [-0.2, 0) is 14.2 Å². The van der Waals surface area contributed by atoms with Crippen molar-refractivity contribution in [1.82, 2.24) is 5.32 Å². The van der Waals surface area contributed by atoms with Crippen molar-refractivity contribution in [3.8, 4) is 17.6 Å². The summed E-state index contributed by atoms with van der Waals surface area (Å²) in [5.74, 6) is 7.29. The second kappa shape index (κ2) is 21.1. The zero-order valence-corrected chi connectivity index (χ0v) is 17.9. The highest BCUT2D eigenvalue weighted by Gasteiger charge is 1.95. The lowest BCUT2D eigenvalue weighted by Gasteiger charge is -2.08. The van der Waals surface area contributed by atoms with Crippen molar-refractivity contribution >= 4 is 12.6 Å². The molecule has 1 aromatic rings. The number of hydrogen-bond donors (Lipinski definition) is 2. The zero-order valence-electron chi connectivity index (χ0n) is 17.0. The molecule has 27 heavy (non-hydrogen) atoms. The highest BCUT2D eigenvalue weighted by molar-refractivity contribution is 7.80. The van der Waals surface area contributed by atoms with Crippen LogP contribution in [0.4, 0.5) is 0 Å². The molecule has 0 aliphatic rings. The van der Waals surface area contributed by atoms with Crippen LogP contribution in [0, 0.1) is 11.8 Å². The van der Waals surface area contributed by atoms with Gasteiger partial charge in [0, 0.05) is 12.1 Å². The van der Waals surface area contributed by atoms with Gasteiger partial charge < -0.3 is 24.3 Å². The first-order valence-corrected chi connectivity index (χ1v) is 10.3. The van der Waals surface area contributed by atoms with Crippen LogP contribution in [0.1, 0.15) is 26.3 Å². The van der Waals surface area contributed by atoms with E-state index < -0.39 is 0 Å². The Kier molecular flexibility index (Phi) is 20.1. The normalized spacial score (nSPS) is 9.78. The summed E-state index contributed by atoms with van der Waals surface area (Å²) in [5.41, 5.74) is 0.959. The number of hydrogen-bond acceptors (Lipinski definition) is 6. The van der Waals surface area contributed by atoms with Gasteiger partial charge in [0.05, 0.1) is 45.4 Å². The molecule has 0 bridgehead atoms. The first-order valence-electron chi connectivity index (χ1n) is 9.63. The van der Waals surface area contributed by atoms with E-state index in [1.54, 1.807) is 0 Å². The third kappa shape index (κ3) is 16.7. The van der Waals surface area contributed by atoms with Crippen molar-refractivity contribution < 1.29 is 18.9 Å². The Labute approximate surface area is 170 Å². The quantitative estimate of drug-likeness (QED) is 0.287. The van der Waals surface area contributed by atoms with Crippen LogP contribution in [-0.4, -0.2) is 65.1 Å². The van der Waals surface area contributed by atoms with Crippen LogP contribution in [0.5, 0.6) is 5.75 Å². The van der Waals surface area contributed by atoms with Crippen LogP contribution in [0.25, 0.3) is 0 Å². The molecule has 0 atom stereocenters. The summed E-state index contributed by atoms with van der Waals surface area (Å²) < 4.78 is 21.9. The third-order valence-electron chi connectivity index (χ3n) is 3.08. The van der Waals surface area contributed by atoms with Gasteiger partial charge in [-0.2, -0.15) is 12.6 Å². The standard InChI is InChI=1S/C19H29NO4S.C2H6/c1-2-20-9-10-21-11-12-22-13-14-23-15-16-24-19-7-5-18(6-8-19)4-3-17-25;1-2/h5-8,20,25H,2,9-17H2,1H3;1-2H3. The maximum atomic E-state index is 5.60. The van der Waals surface area contributed by atoms with E-state index in [1.807, 2.05) is 38.1 Å². The van der Waals surface area contributed by atoms with E-state index in [2.05, 4.69) is 36.7 Å². The molecule has 6 heteroatoms. The van der Waals surface area contributed by atoms with Gasteiger partial charge in [-0.25, -0.2) is 0 Å². The van der Waals surface area contributed by atoms with E-state index in [0.29, 0.717) is 52.0 Å². The van der Waals surface area contributed by atoms with E-state index in [0.717, 1.165) is 24.4 Å². The molecule has 0 saturated carbocycles. The van der Waals surface area contributed by atoms with Gasteiger partial charge in [-0.3, -0.25) is 0 Å². The predicted molar refractivity (Wildman–Crippen MR) is 115 cm³/mol. The molecule has 0 aliphatic carbocycles. The van der Waals surface area contributed by atoms with Gasteiger partial charge >= 0.3 is 0 Å². The van der Waals surface area contributed by atoms with Crippen LogP contribution in [0.15, 0.2) is 24.3 Å². The largest absolute Gasteiger partial charge is 0.491 e. The van der Waals surface area contributed by atoms with E-state index in [4.69, 9.17) is 18.9 Å². The number of thiol groups is 1. The smallest absolute Gasteiger partial charge is 0.119 e. The molecule has 0 heterocycles. The number of ether oxygens (including phenoxy) is 4. The Hall–Kier alpha value is -1.23. The molecule has 0 aliphatic heterocycles. The summed E-state index contributed by atoms with van der Waals surface area (Å²) >= 11 is 4.05. The molecular formula is C21H35NO4S. The van der Waals surface area contributed by atoms with Crippen molar-refractivity contribution in [2.45, 2.75) is 20.8 Å². The molecule has 1 aromatic carbocycles. The molecule has 0 amide bonds. The highest BCUT2D eigenvalue weighted by atomic mass is 32.1. The fourth-order valence-corrected chi connectivity index (χ4v) is 1.94. The zero-order chi connectivity index (χ0) is 20.0. The van der Waals surface area contributed by atoms with E-state index in [1.165, 1.54) is 0 Å². The van der Waals surface area contributed by atoms with Gasteiger partial charge in [0.15, 0.2) is 0 Å². The van der Waals surface area contributed by atoms with Crippen LogP contribution < -0.4 is 10.1 Å². The minimum Gasteiger partial charge on any atom is -0.491 e. The minimum absolute atomic E-state index is 0.509. The molecule has 0 saturated heterocycles. The highest BCUT2D eigenvalue weighted by Crippen LogP contribution is 2.11. The number of rotatable bonds is 14. The first-order chi connectivity index (χ1) is 13.4. The molecule has 0 aromatic heterocycles. The Bertz CT molecular complexity index is 485. The minimum atomic E-state index is 0.509. The molecule has 0 spiro atoms. The Morgan fingerprint density at radius 3 is 1.96 bits per heavy atom. The Morgan fingerprint density at radius 1 is 0.852 bits per heavy atom. The number of likely N-dealkylation sites (N-methyl/N-ethyl adjacent to an activating group) is 1. The molecular weight excluding hydrogens is 362 g/mol. The van der Waals surface area contributed by atoms with Crippen LogP contribution in [0.2, 0.25) is 0 Å². The van der Waals surface area contributed by atoms with Crippen molar-refractivity contribution in [2.75, 3.05) is 65.1 Å². The lowest BCUT2D eigenvalue weighted by Crippen LogP contribution is -2.20. The molecule has 1 rings (SSSR count). The van der Waals surface area contributed by atoms with E-state index >= 15 is 0 Å². The lowest BCUT2D eigenvalue weighted by atomic mass is 10.2. The molecule has 0 radical (unpaired) electrons. The fraction of sp³-hybridized carbons (Fsp3) is 0.619. The van der Waals surface area contributed by atoms with Gasteiger partial charge in [0.1, 0.15) is 12.4 Å². The Balaban J connectivity index is 0.00000326. The van der Waals surface area contributed by atoms with Crippen molar-refractivity contribution in [3.63, 3.8) is 0 Å². The van der Waals surface area contributed by atoms with Crippen molar-refractivity contribution in [1.29, 1.82) is 0 Å². The average Bonchev–Trinajstić information content (AvgIpc) is 2.72. The first kappa shape index (κ1) is 25.8. The summed E-state index contributed by atoms with van der Waals surface area (Å²) in [6.45, 7) is 12.0. The lowest BCUT2D eigenvalue weighted by molar-refractivity contribution is 0.00989. The van der Waals surface area contributed by atoms with Gasteiger partial charge in [0.2, 0.25) is 0 Å². The third-order valence-corrected chi connectivity index (χ3v) is 3.24. The second-order valence-corrected chi connectivity index (χ2v) is 5.34.